The van der Waals surface area contributed by atoms with Gasteiger partial charge in [0.15, 0.2) is 11.6 Å². The fourth-order valence-electron chi connectivity index (χ4n) is 7.72. The maximum Gasteiger partial charge on any atom is 0.286 e. The Bertz CT molecular complexity index is 1860. The summed E-state index contributed by atoms with van der Waals surface area (Å²) in [6.07, 6.45) is 6.41. The van der Waals surface area contributed by atoms with Gasteiger partial charge in [0.05, 0.1) is 38.7 Å². The molecule has 0 radical (unpaired) electrons. The quantitative estimate of drug-likeness (QED) is 0.285. The molecule has 234 valence electrons. The van der Waals surface area contributed by atoms with Gasteiger partial charge in [-0.2, -0.15) is 5.26 Å². The van der Waals surface area contributed by atoms with Crippen molar-refractivity contribution in [2.24, 2.45) is 0 Å². The van der Waals surface area contributed by atoms with Crippen LogP contribution in [-0.4, -0.2) is 54.4 Å². The van der Waals surface area contributed by atoms with Crippen molar-refractivity contribution in [1.29, 1.82) is 5.26 Å². The lowest BCUT2D eigenvalue weighted by Crippen LogP contribution is -2.45. The van der Waals surface area contributed by atoms with E-state index in [9.17, 15) is 14.0 Å². The van der Waals surface area contributed by atoms with Crippen molar-refractivity contribution in [2.75, 3.05) is 44.0 Å². The number of fused-ring (bicyclic) bond motifs is 4. The van der Waals surface area contributed by atoms with Gasteiger partial charge < -0.3 is 25.4 Å². The number of allylic oxidation sites excluding steroid dienone is 2. The highest BCUT2D eigenvalue weighted by molar-refractivity contribution is 7.23. The van der Waals surface area contributed by atoms with Gasteiger partial charge in [-0.3, -0.25) is 10.2 Å². The zero-order valence-electron chi connectivity index (χ0n) is 24.2. The van der Waals surface area contributed by atoms with Crippen LogP contribution in [0.3, 0.4) is 0 Å². The zero-order valence-corrected chi connectivity index (χ0v) is 25.8. The third-order valence-corrected chi connectivity index (χ3v) is 11.1. The summed E-state index contributed by atoms with van der Waals surface area (Å²) in [5.41, 5.74) is 7.72. The van der Waals surface area contributed by atoms with Gasteiger partial charge in [-0.25, -0.2) is 13.2 Å². The minimum atomic E-state index is -0.921. The minimum Gasteiger partial charge on any atom is -0.463 e. The summed E-state index contributed by atoms with van der Waals surface area (Å²) in [5, 5.41) is 17.0. The van der Waals surface area contributed by atoms with Crippen molar-refractivity contribution in [1.82, 2.24) is 15.1 Å². The van der Waals surface area contributed by atoms with Crippen LogP contribution in [0.5, 0.6) is 5.75 Å². The number of nitrogens with one attached hydrogen (secondary N) is 2. The second kappa shape index (κ2) is 10.7. The highest BCUT2D eigenvalue weighted by Gasteiger charge is 2.49. The molecule has 2 saturated heterocycles. The highest BCUT2D eigenvalue weighted by atomic mass is 35.5. The van der Waals surface area contributed by atoms with Gasteiger partial charge in [0, 0.05) is 42.2 Å². The summed E-state index contributed by atoms with van der Waals surface area (Å²) in [7, 11) is 0. The first kappa shape index (κ1) is 28.8. The molecule has 5 aliphatic rings. The fraction of sp³-hybridized carbons (Fsp3) is 0.406. The van der Waals surface area contributed by atoms with Crippen LogP contribution in [0.25, 0.3) is 21.2 Å². The lowest BCUT2D eigenvalue weighted by atomic mass is 9.93. The Labute approximate surface area is 266 Å². The number of hydrogen-bond acceptors (Lipinski definition) is 9. The lowest BCUT2D eigenvalue weighted by molar-refractivity contribution is 0.0250. The Balaban J connectivity index is 1.30. The molecule has 45 heavy (non-hydrogen) atoms. The second-order valence-corrected chi connectivity index (χ2v) is 13.7. The number of thiophene rings is 1. The number of nitrogens with two attached hydrogens (primary N) is 1. The predicted octanol–water partition coefficient (Wildman–Crippen LogP) is 6.73. The summed E-state index contributed by atoms with van der Waals surface area (Å²) >= 11 is 7.97. The molecule has 6 heterocycles. The zero-order chi connectivity index (χ0) is 31.0. The summed E-state index contributed by atoms with van der Waals surface area (Å²) in [4.78, 5) is 4.30. The molecule has 3 aromatic rings. The van der Waals surface area contributed by atoms with Crippen molar-refractivity contribution >= 4 is 43.7 Å². The molecule has 3 atom stereocenters. The second-order valence-electron chi connectivity index (χ2n) is 12.2. The molecular formula is C32H30ClF3N6O2S. The monoisotopic (exact) mass is 654 g/mol. The van der Waals surface area contributed by atoms with E-state index in [0.29, 0.717) is 37.4 Å². The number of anilines is 2. The Morgan fingerprint density at radius 1 is 1.27 bits per heavy atom. The van der Waals surface area contributed by atoms with Gasteiger partial charge in [-0.15, -0.1) is 11.3 Å². The molecule has 13 heteroatoms. The van der Waals surface area contributed by atoms with Crippen LogP contribution in [-0.2, 0) is 4.74 Å². The number of rotatable bonds is 4. The average Bonchev–Trinajstić information content (AvgIpc) is 3.67. The molecule has 1 aromatic heterocycles. The number of benzene rings is 2. The van der Waals surface area contributed by atoms with Gasteiger partial charge in [0.1, 0.15) is 35.8 Å². The molecule has 2 aromatic carbocycles. The number of ether oxygens (including phenoxy) is 2. The first-order valence-corrected chi connectivity index (χ1v) is 16.3. The summed E-state index contributed by atoms with van der Waals surface area (Å²) in [6, 6.07) is 4.68. The summed E-state index contributed by atoms with van der Waals surface area (Å²) in [5.74, 6) is -1.35. The van der Waals surface area contributed by atoms with Crippen LogP contribution in [0.4, 0.5) is 23.9 Å². The van der Waals surface area contributed by atoms with Gasteiger partial charge in [-0.05, 0) is 43.9 Å². The number of halogens is 4. The molecule has 0 bridgehead atoms. The number of nitrogens with zero attached hydrogens (tertiary/aromatic N) is 3. The average molecular weight is 655 g/mol. The molecule has 4 N–H and O–H groups in total. The third kappa shape index (κ3) is 4.39. The van der Waals surface area contributed by atoms with E-state index < -0.39 is 29.5 Å². The van der Waals surface area contributed by atoms with Crippen LogP contribution >= 0.6 is 22.9 Å². The fourth-order valence-corrected chi connectivity index (χ4v) is 9.02. The van der Waals surface area contributed by atoms with E-state index in [2.05, 4.69) is 26.5 Å². The Kier molecular flexibility index (Phi) is 6.87. The van der Waals surface area contributed by atoms with E-state index in [4.69, 9.17) is 26.8 Å². The molecule has 5 aliphatic heterocycles. The highest BCUT2D eigenvalue weighted by Crippen LogP contribution is 2.53. The topological polar surface area (TPSA) is 98.8 Å². The minimum absolute atomic E-state index is 0.0381. The van der Waals surface area contributed by atoms with Crippen molar-refractivity contribution in [2.45, 2.75) is 50.0 Å². The first-order chi connectivity index (χ1) is 21.8. The van der Waals surface area contributed by atoms with Crippen LogP contribution in [0, 0.1) is 23.0 Å². The predicted molar refractivity (Wildman–Crippen MR) is 167 cm³/mol. The van der Waals surface area contributed by atoms with Gasteiger partial charge in [-0.1, -0.05) is 23.7 Å². The molecule has 8 nitrogen and oxygen atoms in total. The van der Waals surface area contributed by atoms with E-state index in [0.717, 1.165) is 49.3 Å². The van der Waals surface area contributed by atoms with Crippen LogP contribution < -0.4 is 21.1 Å². The van der Waals surface area contributed by atoms with Gasteiger partial charge in [0.2, 0.25) is 0 Å². The molecule has 0 saturated carbocycles. The molecule has 8 rings (SSSR count). The Morgan fingerprint density at radius 2 is 2.13 bits per heavy atom. The normalized spacial score (nSPS) is 25.6. The van der Waals surface area contributed by atoms with Crippen molar-refractivity contribution in [3.05, 3.63) is 63.7 Å². The third-order valence-electron chi connectivity index (χ3n) is 9.72. The molecule has 2 fully saturated rings. The largest absolute Gasteiger partial charge is 0.463 e. The Morgan fingerprint density at radius 3 is 2.98 bits per heavy atom. The van der Waals surface area contributed by atoms with Gasteiger partial charge >= 0.3 is 0 Å². The number of nitriles is 1. The van der Waals surface area contributed by atoms with Crippen molar-refractivity contribution in [3.63, 3.8) is 0 Å². The van der Waals surface area contributed by atoms with Crippen molar-refractivity contribution < 1.29 is 22.6 Å². The molecule has 0 amide bonds. The Hall–Kier alpha value is -3.63. The van der Waals surface area contributed by atoms with Crippen LogP contribution in [0.2, 0.25) is 5.02 Å². The van der Waals surface area contributed by atoms with E-state index in [1.807, 2.05) is 6.07 Å². The molecule has 0 spiro atoms. The summed E-state index contributed by atoms with van der Waals surface area (Å²) < 4.78 is 59.5. The van der Waals surface area contributed by atoms with Crippen molar-refractivity contribution in [3.8, 4) is 22.9 Å². The number of alkyl halides is 1. The van der Waals surface area contributed by atoms with Gasteiger partial charge in [0.25, 0.3) is 5.95 Å². The first-order valence-electron chi connectivity index (χ1n) is 15.1. The molecule has 2 unspecified atom stereocenters. The van der Waals surface area contributed by atoms with E-state index in [-0.39, 0.29) is 55.1 Å². The lowest BCUT2D eigenvalue weighted by Gasteiger charge is -2.43. The molecular weight excluding hydrogens is 625 g/mol. The SMILES string of the molecule is N#Cc1c(N)sc2c(F)ccc(-c3c(F)c4c5c(c3Cl)NCNC5N3CCCC=C3C=C(OCC35CCCN3C[C@H](F)C5)O4)c12. The van der Waals surface area contributed by atoms with E-state index in [1.54, 1.807) is 6.08 Å². The number of nitrogen functional groups attached to an aromatic ring is 1. The smallest absolute Gasteiger partial charge is 0.286 e. The van der Waals surface area contributed by atoms with Crippen LogP contribution in [0.15, 0.2) is 35.9 Å². The van der Waals surface area contributed by atoms with E-state index in [1.165, 1.54) is 12.1 Å². The van der Waals surface area contributed by atoms with Crippen LogP contribution in [0.1, 0.15) is 49.4 Å². The maximum atomic E-state index is 17.2. The molecule has 0 aliphatic carbocycles. The maximum absolute atomic E-state index is 17.2. The summed E-state index contributed by atoms with van der Waals surface area (Å²) in [6.45, 7) is 2.44. The number of hydrogen-bond donors (Lipinski definition) is 3. The van der Waals surface area contributed by atoms with E-state index >= 15 is 4.39 Å². The standard InChI is InChI=1S/C32H30ClF3N6O2S/c33-25-23(18-5-6-20(35)29-22(18)19(12-37)30(38)45-29)26(36)28-24-27(25)39-15-40-31(24)42-9-2-1-4-17(42)10-21(44-28)43-14-32-7-3-8-41(32)13-16(34)11-32/h4-6,10,16,31,39-40H,1-3,7-9,11,13-15,38H2/t16-,31?,32?/m1/s1.